The van der Waals surface area contributed by atoms with Crippen molar-refractivity contribution in [3.63, 3.8) is 0 Å². The minimum atomic E-state index is -0.564. The van der Waals surface area contributed by atoms with Gasteiger partial charge in [0.15, 0.2) is 17.4 Å². The smallest absolute Gasteiger partial charge is 0.190 e. The Morgan fingerprint density at radius 1 is 0.963 bits per heavy atom. The van der Waals surface area contributed by atoms with E-state index in [4.69, 9.17) is 16.3 Å². The van der Waals surface area contributed by atoms with Gasteiger partial charge in [-0.05, 0) is 99.2 Å². The Hall–Kier alpha value is -1.09. The standard InChI is InChI=1S/C23H31ClF2O/c1-2-13-27-23-21(25)14-20(15-22(23)26)19-9-7-18(8-10-19)17-5-3-16(4-6-17)11-12-24/h11-12,14-19H,2-10,13H2,1H3/b12-11+/t16-,17-,18?,19?. The van der Waals surface area contributed by atoms with Crippen LogP contribution in [0, 0.1) is 29.4 Å². The van der Waals surface area contributed by atoms with Gasteiger partial charge in [-0.25, -0.2) is 8.78 Å². The number of hydrogen-bond donors (Lipinski definition) is 0. The van der Waals surface area contributed by atoms with Gasteiger partial charge in [-0.15, -0.1) is 0 Å². The van der Waals surface area contributed by atoms with Crippen molar-refractivity contribution in [1.82, 2.24) is 0 Å². The molecule has 3 rings (SSSR count). The van der Waals surface area contributed by atoms with E-state index in [1.807, 2.05) is 6.92 Å². The van der Waals surface area contributed by atoms with Crippen molar-refractivity contribution in [2.45, 2.75) is 70.6 Å². The van der Waals surface area contributed by atoms with Gasteiger partial charge < -0.3 is 4.74 Å². The first kappa shape index (κ1) is 20.6. The van der Waals surface area contributed by atoms with Gasteiger partial charge in [-0.2, -0.15) is 0 Å². The number of halogens is 3. The van der Waals surface area contributed by atoms with Crippen LogP contribution in [0.5, 0.6) is 5.75 Å². The lowest BCUT2D eigenvalue weighted by Crippen LogP contribution is -2.25. The second-order valence-corrected chi connectivity index (χ2v) is 8.52. The van der Waals surface area contributed by atoms with Crippen molar-refractivity contribution in [2.24, 2.45) is 17.8 Å². The number of ether oxygens (including phenoxy) is 1. The summed E-state index contributed by atoms with van der Waals surface area (Å²) in [6.45, 7) is 2.25. The summed E-state index contributed by atoms with van der Waals surface area (Å²) in [7, 11) is 0. The van der Waals surface area contributed by atoms with Crippen LogP contribution < -0.4 is 4.74 Å². The molecule has 2 fully saturated rings. The van der Waals surface area contributed by atoms with Crippen LogP contribution in [-0.4, -0.2) is 6.61 Å². The summed E-state index contributed by atoms with van der Waals surface area (Å²) in [5.74, 6) is 1.14. The first-order valence-electron chi connectivity index (χ1n) is 10.5. The molecule has 150 valence electrons. The lowest BCUT2D eigenvalue weighted by Gasteiger charge is -2.37. The molecule has 0 amide bonds. The number of rotatable bonds is 6. The molecule has 0 aliphatic heterocycles. The molecule has 1 aromatic carbocycles. The van der Waals surface area contributed by atoms with Gasteiger partial charge >= 0.3 is 0 Å². The molecule has 2 aliphatic rings. The third-order valence-corrected chi connectivity index (χ3v) is 6.69. The predicted octanol–water partition coefficient (Wildman–Crippen LogP) is 7.59. The van der Waals surface area contributed by atoms with E-state index in [1.165, 1.54) is 50.7 Å². The highest BCUT2D eigenvalue weighted by Crippen LogP contribution is 2.44. The maximum Gasteiger partial charge on any atom is 0.190 e. The van der Waals surface area contributed by atoms with Crippen LogP contribution in [0.4, 0.5) is 8.78 Å². The molecule has 0 radical (unpaired) electrons. The predicted molar refractivity (Wildman–Crippen MR) is 107 cm³/mol. The minimum absolute atomic E-state index is 0.225. The molecular weight excluding hydrogens is 366 g/mol. The molecule has 0 saturated heterocycles. The monoisotopic (exact) mass is 396 g/mol. The second kappa shape index (κ2) is 9.91. The Kier molecular flexibility index (Phi) is 7.57. The van der Waals surface area contributed by atoms with Crippen molar-refractivity contribution >= 4 is 11.6 Å². The Morgan fingerprint density at radius 3 is 2.04 bits per heavy atom. The highest BCUT2D eigenvalue weighted by atomic mass is 35.5. The van der Waals surface area contributed by atoms with Crippen molar-refractivity contribution in [2.75, 3.05) is 6.61 Å². The average molecular weight is 397 g/mol. The maximum absolute atomic E-state index is 14.3. The number of allylic oxidation sites excluding steroid dienone is 1. The summed E-state index contributed by atoms with van der Waals surface area (Å²) in [4.78, 5) is 0. The van der Waals surface area contributed by atoms with Crippen molar-refractivity contribution in [3.05, 3.63) is 40.9 Å². The Labute approximate surface area is 167 Å². The summed E-state index contributed by atoms with van der Waals surface area (Å²) in [6.07, 6.45) is 12.3. The van der Waals surface area contributed by atoms with Gasteiger partial charge in [0.25, 0.3) is 0 Å². The summed E-state index contributed by atoms with van der Waals surface area (Å²) in [6, 6.07) is 2.98. The molecule has 0 heterocycles. The van der Waals surface area contributed by atoms with Crippen molar-refractivity contribution in [1.29, 1.82) is 0 Å². The average Bonchev–Trinajstić information content (AvgIpc) is 2.68. The third kappa shape index (κ3) is 5.25. The van der Waals surface area contributed by atoms with E-state index in [9.17, 15) is 8.78 Å². The Bertz CT molecular complexity index is 606. The van der Waals surface area contributed by atoms with Crippen LogP contribution in [0.25, 0.3) is 0 Å². The summed E-state index contributed by atoms with van der Waals surface area (Å²) in [5, 5.41) is 0. The molecular formula is C23H31ClF2O. The topological polar surface area (TPSA) is 9.23 Å². The lowest BCUT2D eigenvalue weighted by molar-refractivity contribution is 0.171. The van der Waals surface area contributed by atoms with Crippen LogP contribution in [-0.2, 0) is 0 Å². The molecule has 2 aliphatic carbocycles. The fourth-order valence-electron chi connectivity index (χ4n) is 4.99. The molecule has 0 aromatic heterocycles. The molecule has 0 unspecified atom stereocenters. The normalized spacial score (nSPS) is 29.2. The molecule has 0 N–H and O–H groups in total. The molecule has 2 saturated carbocycles. The van der Waals surface area contributed by atoms with Crippen LogP contribution >= 0.6 is 11.6 Å². The molecule has 1 aromatic rings. The first-order chi connectivity index (χ1) is 13.1. The Balaban J connectivity index is 1.55. The fourth-order valence-corrected chi connectivity index (χ4v) is 5.20. The van der Waals surface area contributed by atoms with Gasteiger partial charge in [0.05, 0.1) is 6.61 Å². The van der Waals surface area contributed by atoms with E-state index in [1.54, 1.807) is 5.54 Å². The molecule has 27 heavy (non-hydrogen) atoms. The lowest BCUT2D eigenvalue weighted by atomic mass is 9.68. The molecule has 1 nitrogen and oxygen atoms in total. The summed E-state index contributed by atoms with van der Waals surface area (Å²) in [5.41, 5.74) is 2.45. The van der Waals surface area contributed by atoms with Crippen LogP contribution in [0.3, 0.4) is 0 Å². The number of hydrogen-bond acceptors (Lipinski definition) is 1. The highest BCUT2D eigenvalue weighted by molar-refractivity contribution is 6.25. The largest absolute Gasteiger partial charge is 0.488 e. The third-order valence-electron chi connectivity index (χ3n) is 6.54. The zero-order chi connectivity index (χ0) is 19.2. The van der Waals surface area contributed by atoms with Crippen LogP contribution in [0.1, 0.15) is 76.2 Å². The highest BCUT2D eigenvalue weighted by Gasteiger charge is 2.31. The maximum atomic E-state index is 14.3. The quantitative estimate of drug-likeness (QED) is 0.481. The van der Waals surface area contributed by atoms with Gasteiger partial charge in [0.1, 0.15) is 0 Å². The van der Waals surface area contributed by atoms with E-state index >= 15 is 0 Å². The molecule has 0 bridgehead atoms. The minimum Gasteiger partial charge on any atom is -0.488 e. The number of benzene rings is 1. The van der Waals surface area contributed by atoms with Crippen molar-refractivity contribution in [3.8, 4) is 5.75 Å². The van der Waals surface area contributed by atoms with Gasteiger partial charge in [0, 0.05) is 5.54 Å². The van der Waals surface area contributed by atoms with E-state index in [0.29, 0.717) is 12.5 Å². The second-order valence-electron chi connectivity index (χ2n) is 8.27. The molecule has 0 spiro atoms. The van der Waals surface area contributed by atoms with E-state index < -0.39 is 11.6 Å². The fraction of sp³-hybridized carbons (Fsp3) is 0.652. The Morgan fingerprint density at radius 2 is 1.52 bits per heavy atom. The van der Waals surface area contributed by atoms with Gasteiger partial charge in [-0.1, -0.05) is 24.6 Å². The van der Waals surface area contributed by atoms with E-state index in [0.717, 1.165) is 36.7 Å². The van der Waals surface area contributed by atoms with E-state index in [-0.39, 0.29) is 11.7 Å². The zero-order valence-electron chi connectivity index (χ0n) is 16.2. The van der Waals surface area contributed by atoms with E-state index in [2.05, 4.69) is 6.08 Å². The van der Waals surface area contributed by atoms with Gasteiger partial charge in [0.2, 0.25) is 0 Å². The first-order valence-corrected chi connectivity index (χ1v) is 10.9. The van der Waals surface area contributed by atoms with Crippen LogP contribution in [0.15, 0.2) is 23.7 Å². The SMILES string of the molecule is CCCOc1c(F)cc(C2CCC([C@H]3CC[C@H](/C=C/Cl)CC3)CC2)cc1F. The van der Waals surface area contributed by atoms with Crippen molar-refractivity contribution < 1.29 is 13.5 Å². The molecule has 0 atom stereocenters. The molecule has 4 heteroatoms. The summed E-state index contributed by atoms with van der Waals surface area (Å²) < 4.78 is 33.8. The zero-order valence-corrected chi connectivity index (χ0v) is 17.0. The van der Waals surface area contributed by atoms with Crippen LogP contribution in [0.2, 0.25) is 0 Å². The summed E-state index contributed by atoms with van der Waals surface area (Å²) >= 11 is 5.71. The van der Waals surface area contributed by atoms with Gasteiger partial charge in [-0.3, -0.25) is 0 Å².